The Kier molecular flexibility index (Phi) is 6.75. The van der Waals surface area contributed by atoms with E-state index in [0.717, 1.165) is 12.3 Å². The van der Waals surface area contributed by atoms with E-state index in [0.29, 0.717) is 12.1 Å². The molecule has 0 radical (unpaired) electrons. The van der Waals surface area contributed by atoms with Crippen LogP contribution in [0.2, 0.25) is 0 Å². The molecule has 0 saturated carbocycles. The van der Waals surface area contributed by atoms with Crippen LogP contribution in [-0.4, -0.2) is 43.9 Å². The van der Waals surface area contributed by atoms with Crippen LogP contribution in [0, 0.1) is 23.3 Å². The second-order valence-corrected chi connectivity index (χ2v) is 8.02. The van der Waals surface area contributed by atoms with E-state index in [9.17, 15) is 22.8 Å². The van der Waals surface area contributed by atoms with Crippen molar-refractivity contribution in [1.82, 2.24) is 4.98 Å². The molecule has 0 unspecified atom stereocenters. The fraction of sp³-hybridized carbons (Fsp3) is 0.320. The summed E-state index contributed by atoms with van der Waals surface area (Å²) in [6.45, 7) is 1.97. The predicted octanol–water partition coefficient (Wildman–Crippen LogP) is 4.86. The molecule has 1 fully saturated rings. The molecule has 0 spiro atoms. The molecule has 1 saturated heterocycles. The molecule has 1 aliphatic heterocycles. The van der Waals surface area contributed by atoms with Gasteiger partial charge in [-0.25, -0.2) is 22.4 Å². The Morgan fingerprint density at radius 3 is 2.46 bits per heavy atom. The number of pyridine rings is 1. The lowest BCUT2D eigenvalue weighted by atomic mass is 9.71. The number of rotatable bonds is 5. The number of nitrogens with zero attached hydrogens (tertiary/aromatic N) is 1. The second kappa shape index (κ2) is 9.61. The van der Waals surface area contributed by atoms with E-state index in [1.807, 2.05) is 0 Å². The molecule has 184 valence electrons. The molecule has 2 aromatic carbocycles. The zero-order valence-electron chi connectivity index (χ0n) is 18.9. The van der Waals surface area contributed by atoms with Gasteiger partial charge >= 0.3 is 11.9 Å². The van der Waals surface area contributed by atoms with Crippen LogP contribution in [0.5, 0.6) is 0 Å². The first-order valence-corrected chi connectivity index (χ1v) is 10.8. The fourth-order valence-electron chi connectivity index (χ4n) is 4.59. The predicted molar refractivity (Wildman–Crippen MR) is 117 cm³/mol. The standard InChI is InChI=1S/C25H21F4NO5/c1-3-35-23(31)16-12-30-22-14(20(16)25(24(32)33-2)6-8-34-9-7-25)4-5-17(27)19(22)15-10-13(26)11-18(28)21(15)29/h4-5,10-12H,3,6-9H2,1-2H3. The monoisotopic (exact) mass is 491 g/mol. The van der Waals surface area contributed by atoms with Gasteiger partial charge in [-0.05, 0) is 43.5 Å². The molecule has 0 N–H and O–H groups in total. The third-order valence-corrected chi connectivity index (χ3v) is 6.15. The highest BCUT2D eigenvalue weighted by Crippen LogP contribution is 2.44. The number of esters is 2. The van der Waals surface area contributed by atoms with Crippen molar-refractivity contribution in [3.8, 4) is 11.1 Å². The first-order chi connectivity index (χ1) is 16.7. The van der Waals surface area contributed by atoms with E-state index < -0.39 is 51.7 Å². The molecule has 0 atom stereocenters. The molecule has 2 heterocycles. The molecule has 1 aromatic heterocycles. The first-order valence-electron chi connectivity index (χ1n) is 10.8. The molecule has 0 aliphatic carbocycles. The molecule has 0 bridgehead atoms. The Morgan fingerprint density at radius 1 is 1.09 bits per heavy atom. The van der Waals surface area contributed by atoms with E-state index >= 15 is 4.39 Å². The summed E-state index contributed by atoms with van der Waals surface area (Å²) in [5.41, 5.74) is -2.69. The van der Waals surface area contributed by atoms with E-state index in [1.54, 1.807) is 6.92 Å². The zero-order valence-corrected chi connectivity index (χ0v) is 18.9. The van der Waals surface area contributed by atoms with Crippen LogP contribution in [0.15, 0.2) is 30.5 Å². The van der Waals surface area contributed by atoms with Gasteiger partial charge < -0.3 is 14.2 Å². The third kappa shape index (κ3) is 4.12. The summed E-state index contributed by atoms with van der Waals surface area (Å²) in [5, 5.41) is 0.114. The van der Waals surface area contributed by atoms with Gasteiger partial charge in [-0.15, -0.1) is 0 Å². The maximum atomic E-state index is 15.1. The third-order valence-electron chi connectivity index (χ3n) is 6.15. The first kappa shape index (κ1) is 24.6. The summed E-state index contributed by atoms with van der Waals surface area (Å²) in [6, 6.07) is 3.24. The second-order valence-electron chi connectivity index (χ2n) is 8.02. The molecule has 6 nitrogen and oxygen atoms in total. The smallest absolute Gasteiger partial charge is 0.340 e. The van der Waals surface area contributed by atoms with Crippen molar-refractivity contribution >= 4 is 22.8 Å². The van der Waals surface area contributed by atoms with Crippen molar-refractivity contribution in [1.29, 1.82) is 0 Å². The number of halogens is 4. The van der Waals surface area contributed by atoms with Crippen LogP contribution >= 0.6 is 0 Å². The number of carbonyl (C=O) groups is 2. The van der Waals surface area contributed by atoms with E-state index in [2.05, 4.69) is 4.98 Å². The van der Waals surface area contributed by atoms with Gasteiger partial charge in [-0.3, -0.25) is 9.78 Å². The number of hydrogen-bond acceptors (Lipinski definition) is 6. The molecule has 35 heavy (non-hydrogen) atoms. The summed E-state index contributed by atoms with van der Waals surface area (Å²) in [7, 11) is 1.20. The largest absolute Gasteiger partial charge is 0.468 e. The van der Waals surface area contributed by atoms with Crippen molar-refractivity contribution in [2.45, 2.75) is 25.2 Å². The molecule has 10 heteroatoms. The topological polar surface area (TPSA) is 74.7 Å². The molecular formula is C25H21F4NO5. The molecule has 4 rings (SSSR count). The van der Waals surface area contributed by atoms with Crippen LogP contribution in [0.1, 0.15) is 35.7 Å². The van der Waals surface area contributed by atoms with Crippen LogP contribution in [0.25, 0.3) is 22.0 Å². The van der Waals surface area contributed by atoms with Gasteiger partial charge in [0.15, 0.2) is 11.6 Å². The van der Waals surface area contributed by atoms with Crippen molar-refractivity contribution in [2.24, 2.45) is 0 Å². The number of ether oxygens (including phenoxy) is 3. The van der Waals surface area contributed by atoms with Gasteiger partial charge in [-0.2, -0.15) is 0 Å². The summed E-state index contributed by atoms with van der Waals surface area (Å²) >= 11 is 0. The highest BCUT2D eigenvalue weighted by atomic mass is 19.2. The number of benzene rings is 2. The molecule has 3 aromatic rings. The lowest BCUT2D eigenvalue weighted by molar-refractivity contribution is -0.151. The minimum Gasteiger partial charge on any atom is -0.468 e. The Balaban J connectivity index is 2.14. The number of carbonyl (C=O) groups excluding carboxylic acids is 2. The average Bonchev–Trinajstić information content (AvgIpc) is 2.85. The number of methoxy groups -OCH3 is 1. The van der Waals surface area contributed by atoms with Crippen molar-refractivity contribution in [2.75, 3.05) is 26.9 Å². The number of hydrogen-bond donors (Lipinski definition) is 0. The maximum absolute atomic E-state index is 15.1. The van der Waals surface area contributed by atoms with Gasteiger partial charge in [0.1, 0.15) is 11.6 Å². The summed E-state index contributed by atoms with van der Waals surface area (Å²) in [6.07, 6.45) is 1.34. The van der Waals surface area contributed by atoms with Crippen molar-refractivity contribution < 1.29 is 41.4 Å². The van der Waals surface area contributed by atoms with Gasteiger partial charge in [0.25, 0.3) is 0 Å². The normalized spacial score (nSPS) is 15.1. The Morgan fingerprint density at radius 2 is 1.80 bits per heavy atom. The minimum atomic E-state index is -1.50. The SMILES string of the molecule is CCOC(=O)c1cnc2c(-c3cc(F)cc(F)c3F)c(F)ccc2c1C1(C(=O)OC)CCOCC1. The van der Waals surface area contributed by atoms with Gasteiger partial charge in [0, 0.05) is 42.0 Å². The van der Waals surface area contributed by atoms with E-state index in [4.69, 9.17) is 14.2 Å². The Bertz CT molecular complexity index is 1320. The van der Waals surface area contributed by atoms with Crippen LogP contribution < -0.4 is 0 Å². The van der Waals surface area contributed by atoms with Crippen LogP contribution in [-0.2, 0) is 24.4 Å². The quantitative estimate of drug-likeness (QED) is 0.289. The summed E-state index contributed by atoms with van der Waals surface area (Å²) in [5.74, 6) is -6.52. The van der Waals surface area contributed by atoms with Gasteiger partial charge in [0.2, 0.25) is 0 Å². The van der Waals surface area contributed by atoms with Crippen LogP contribution in [0.3, 0.4) is 0 Å². The van der Waals surface area contributed by atoms with Crippen molar-refractivity contribution in [3.05, 3.63) is 64.9 Å². The summed E-state index contributed by atoms with van der Waals surface area (Å²) in [4.78, 5) is 30.2. The van der Waals surface area contributed by atoms with Gasteiger partial charge in [-0.1, -0.05) is 0 Å². The minimum absolute atomic E-state index is 0.0348. The highest BCUT2D eigenvalue weighted by molar-refractivity contribution is 6.05. The van der Waals surface area contributed by atoms with Gasteiger partial charge in [0.05, 0.1) is 30.2 Å². The fourth-order valence-corrected chi connectivity index (χ4v) is 4.59. The van der Waals surface area contributed by atoms with E-state index in [-0.39, 0.29) is 54.7 Å². The number of fused-ring (bicyclic) bond motifs is 1. The lowest BCUT2D eigenvalue weighted by Crippen LogP contribution is -2.43. The summed E-state index contributed by atoms with van der Waals surface area (Å²) < 4.78 is 73.4. The molecular weight excluding hydrogens is 470 g/mol. The molecule has 1 aliphatic rings. The highest BCUT2D eigenvalue weighted by Gasteiger charge is 2.47. The Labute approximate surface area is 197 Å². The molecule has 0 amide bonds. The van der Waals surface area contributed by atoms with Crippen molar-refractivity contribution in [3.63, 3.8) is 0 Å². The van der Waals surface area contributed by atoms with Crippen LogP contribution in [0.4, 0.5) is 17.6 Å². The average molecular weight is 491 g/mol. The number of aromatic nitrogens is 1. The zero-order chi connectivity index (χ0) is 25.3. The maximum Gasteiger partial charge on any atom is 0.340 e. The lowest BCUT2D eigenvalue weighted by Gasteiger charge is -2.36. The van der Waals surface area contributed by atoms with E-state index in [1.165, 1.54) is 13.2 Å². The Hall–Kier alpha value is -3.53.